The maximum absolute atomic E-state index is 11.7. The summed E-state index contributed by atoms with van der Waals surface area (Å²) >= 11 is 5.83. The molecule has 134 valence electrons. The van der Waals surface area contributed by atoms with E-state index in [9.17, 15) is 9.59 Å². The zero-order valence-electron chi connectivity index (χ0n) is 14.4. The standard InChI is InChI=1S/C19H27ClO4/c1-2-3-4-8-14-23-18(21)12-6-5-7-13-19(22)24-17-11-9-10-16(20)15-17/h9-11,15H,2-8,12-14H2,1H3. The molecule has 1 aromatic rings. The predicted octanol–water partition coefficient (Wildman–Crippen LogP) is 5.32. The molecule has 0 atom stereocenters. The van der Waals surface area contributed by atoms with Gasteiger partial charge in [-0.25, -0.2) is 0 Å². The van der Waals surface area contributed by atoms with Crippen molar-refractivity contribution < 1.29 is 19.1 Å². The van der Waals surface area contributed by atoms with Crippen LogP contribution in [0.1, 0.15) is 64.7 Å². The first kappa shape index (κ1) is 20.5. The van der Waals surface area contributed by atoms with Gasteiger partial charge in [-0.2, -0.15) is 0 Å². The Hall–Kier alpha value is -1.55. The van der Waals surface area contributed by atoms with Gasteiger partial charge in [0, 0.05) is 17.9 Å². The highest BCUT2D eigenvalue weighted by molar-refractivity contribution is 6.30. The fourth-order valence-electron chi connectivity index (χ4n) is 2.22. The lowest BCUT2D eigenvalue weighted by atomic mass is 10.1. The highest BCUT2D eigenvalue weighted by Crippen LogP contribution is 2.18. The van der Waals surface area contributed by atoms with Gasteiger partial charge in [-0.15, -0.1) is 0 Å². The lowest BCUT2D eigenvalue weighted by Gasteiger charge is -2.05. The summed E-state index contributed by atoms with van der Waals surface area (Å²) in [6.07, 6.45) is 7.39. The minimum atomic E-state index is -0.282. The monoisotopic (exact) mass is 354 g/mol. The molecule has 0 saturated carbocycles. The van der Waals surface area contributed by atoms with Crippen LogP contribution < -0.4 is 4.74 Å². The van der Waals surface area contributed by atoms with Crippen molar-refractivity contribution in [3.05, 3.63) is 29.3 Å². The molecule has 0 aliphatic heterocycles. The molecule has 0 radical (unpaired) electrons. The number of ether oxygens (including phenoxy) is 2. The fourth-order valence-corrected chi connectivity index (χ4v) is 2.40. The summed E-state index contributed by atoms with van der Waals surface area (Å²) in [6.45, 7) is 2.67. The molecule has 0 bridgehead atoms. The van der Waals surface area contributed by atoms with Gasteiger partial charge in [0.2, 0.25) is 0 Å². The van der Waals surface area contributed by atoms with Crippen molar-refractivity contribution in [1.29, 1.82) is 0 Å². The second-order valence-electron chi connectivity index (χ2n) is 5.77. The molecule has 0 unspecified atom stereocenters. The molecular weight excluding hydrogens is 328 g/mol. The maximum atomic E-state index is 11.7. The Balaban J connectivity index is 2.01. The van der Waals surface area contributed by atoms with Crippen LogP contribution in [0.5, 0.6) is 5.75 Å². The Labute approximate surface area is 149 Å². The lowest BCUT2D eigenvalue weighted by Crippen LogP contribution is -2.08. The van der Waals surface area contributed by atoms with Crippen LogP contribution in [0.2, 0.25) is 5.02 Å². The molecule has 4 nitrogen and oxygen atoms in total. The summed E-state index contributed by atoms with van der Waals surface area (Å²) < 4.78 is 10.4. The molecule has 0 aliphatic carbocycles. The van der Waals surface area contributed by atoms with Crippen molar-refractivity contribution in [2.75, 3.05) is 6.61 Å². The van der Waals surface area contributed by atoms with E-state index in [0.717, 1.165) is 25.7 Å². The zero-order chi connectivity index (χ0) is 17.6. The third kappa shape index (κ3) is 10.3. The average molecular weight is 355 g/mol. The molecule has 0 aliphatic rings. The van der Waals surface area contributed by atoms with Crippen molar-refractivity contribution in [2.45, 2.75) is 64.7 Å². The predicted molar refractivity (Wildman–Crippen MR) is 95.3 cm³/mol. The Bertz CT molecular complexity index is 502. The summed E-state index contributed by atoms with van der Waals surface area (Å²) in [7, 11) is 0. The first-order valence-corrected chi connectivity index (χ1v) is 9.11. The van der Waals surface area contributed by atoms with E-state index in [4.69, 9.17) is 21.1 Å². The number of esters is 2. The number of unbranched alkanes of at least 4 members (excludes halogenated alkanes) is 5. The van der Waals surface area contributed by atoms with Crippen LogP contribution in [0.25, 0.3) is 0 Å². The van der Waals surface area contributed by atoms with Gasteiger partial charge >= 0.3 is 11.9 Å². The molecule has 0 N–H and O–H groups in total. The van der Waals surface area contributed by atoms with Crippen LogP contribution in [0.15, 0.2) is 24.3 Å². The Kier molecular flexibility index (Phi) is 10.9. The van der Waals surface area contributed by atoms with Crippen LogP contribution in [-0.4, -0.2) is 18.5 Å². The van der Waals surface area contributed by atoms with Gasteiger partial charge in [-0.1, -0.05) is 50.3 Å². The molecule has 24 heavy (non-hydrogen) atoms. The van der Waals surface area contributed by atoms with Crippen molar-refractivity contribution in [3.8, 4) is 5.75 Å². The molecule has 1 aromatic carbocycles. The van der Waals surface area contributed by atoms with Gasteiger partial charge in [-0.3, -0.25) is 9.59 Å². The Morgan fingerprint density at radius 3 is 2.38 bits per heavy atom. The maximum Gasteiger partial charge on any atom is 0.311 e. The van der Waals surface area contributed by atoms with E-state index in [-0.39, 0.29) is 11.9 Å². The van der Waals surface area contributed by atoms with Gasteiger partial charge in [0.25, 0.3) is 0 Å². The summed E-state index contributed by atoms with van der Waals surface area (Å²) in [5.74, 6) is 0.0305. The number of hydrogen-bond donors (Lipinski definition) is 0. The van der Waals surface area contributed by atoms with E-state index in [1.807, 2.05) is 0 Å². The normalized spacial score (nSPS) is 10.4. The largest absolute Gasteiger partial charge is 0.466 e. The van der Waals surface area contributed by atoms with Gasteiger partial charge in [-0.05, 0) is 37.5 Å². The smallest absolute Gasteiger partial charge is 0.311 e. The van der Waals surface area contributed by atoms with E-state index >= 15 is 0 Å². The molecule has 0 amide bonds. The minimum Gasteiger partial charge on any atom is -0.466 e. The van der Waals surface area contributed by atoms with Crippen molar-refractivity contribution in [1.82, 2.24) is 0 Å². The average Bonchev–Trinajstić information content (AvgIpc) is 2.54. The molecule has 0 saturated heterocycles. The van der Waals surface area contributed by atoms with Gasteiger partial charge in [0.15, 0.2) is 0 Å². The number of benzene rings is 1. The Morgan fingerprint density at radius 2 is 1.67 bits per heavy atom. The Morgan fingerprint density at radius 1 is 0.958 bits per heavy atom. The molecule has 0 spiro atoms. The van der Waals surface area contributed by atoms with Gasteiger partial charge in [0.05, 0.1) is 6.61 Å². The molecule has 0 aromatic heterocycles. The quantitative estimate of drug-likeness (QED) is 0.289. The first-order chi connectivity index (χ1) is 11.6. The highest BCUT2D eigenvalue weighted by atomic mass is 35.5. The van der Waals surface area contributed by atoms with E-state index in [1.54, 1.807) is 24.3 Å². The second-order valence-corrected chi connectivity index (χ2v) is 6.21. The SMILES string of the molecule is CCCCCCOC(=O)CCCCCC(=O)Oc1cccc(Cl)c1. The van der Waals surface area contributed by atoms with Crippen LogP contribution in [-0.2, 0) is 14.3 Å². The number of hydrogen-bond acceptors (Lipinski definition) is 4. The fraction of sp³-hybridized carbons (Fsp3) is 0.579. The summed E-state index contributed by atoms with van der Waals surface area (Å²) in [4.78, 5) is 23.2. The molecule has 0 heterocycles. The topological polar surface area (TPSA) is 52.6 Å². The van der Waals surface area contributed by atoms with Crippen LogP contribution in [0, 0.1) is 0 Å². The lowest BCUT2D eigenvalue weighted by molar-refractivity contribution is -0.143. The van der Waals surface area contributed by atoms with Crippen LogP contribution in [0.3, 0.4) is 0 Å². The van der Waals surface area contributed by atoms with Crippen molar-refractivity contribution in [2.24, 2.45) is 0 Å². The molecule has 5 heteroatoms. The highest BCUT2D eigenvalue weighted by Gasteiger charge is 2.06. The van der Waals surface area contributed by atoms with E-state index in [1.165, 1.54) is 12.8 Å². The summed E-state index contributed by atoms with van der Waals surface area (Å²) in [5, 5.41) is 0.536. The number of halogens is 1. The minimum absolute atomic E-state index is 0.145. The summed E-state index contributed by atoms with van der Waals surface area (Å²) in [5.41, 5.74) is 0. The molecule has 0 fully saturated rings. The van der Waals surface area contributed by atoms with E-state index in [2.05, 4.69) is 6.92 Å². The number of carbonyl (C=O) groups is 2. The molecular formula is C19H27ClO4. The van der Waals surface area contributed by atoms with Crippen molar-refractivity contribution >= 4 is 23.5 Å². The van der Waals surface area contributed by atoms with Gasteiger partial charge in [0.1, 0.15) is 5.75 Å². The van der Waals surface area contributed by atoms with E-state index < -0.39 is 0 Å². The summed E-state index contributed by atoms with van der Waals surface area (Å²) in [6, 6.07) is 6.76. The van der Waals surface area contributed by atoms with Gasteiger partial charge < -0.3 is 9.47 Å². The zero-order valence-corrected chi connectivity index (χ0v) is 15.1. The second kappa shape index (κ2) is 12.8. The first-order valence-electron chi connectivity index (χ1n) is 8.73. The van der Waals surface area contributed by atoms with E-state index in [0.29, 0.717) is 36.6 Å². The van der Waals surface area contributed by atoms with Crippen LogP contribution >= 0.6 is 11.6 Å². The third-order valence-electron chi connectivity index (χ3n) is 3.55. The van der Waals surface area contributed by atoms with Crippen molar-refractivity contribution in [3.63, 3.8) is 0 Å². The third-order valence-corrected chi connectivity index (χ3v) is 3.79. The van der Waals surface area contributed by atoms with Crippen LogP contribution in [0.4, 0.5) is 0 Å². The number of rotatable bonds is 12. The molecule has 1 rings (SSSR count). The number of carbonyl (C=O) groups excluding carboxylic acids is 2.